The molecular formula is C17H12N4O3. The van der Waals surface area contributed by atoms with Gasteiger partial charge in [0.05, 0.1) is 5.52 Å². The molecule has 2 aromatic heterocycles. The molecule has 2 heterocycles. The van der Waals surface area contributed by atoms with Crippen LogP contribution >= 0.6 is 0 Å². The highest BCUT2D eigenvalue weighted by Crippen LogP contribution is 2.36. The number of carbonyl (C=O) groups is 1. The molecular weight excluding hydrogens is 308 g/mol. The second kappa shape index (κ2) is 5.31. The summed E-state index contributed by atoms with van der Waals surface area (Å²) in [6, 6.07) is 10.4. The number of aryl methyl sites for hydroxylation is 1. The molecule has 7 nitrogen and oxygen atoms in total. The number of oxazole rings is 1. The molecule has 2 N–H and O–H groups in total. The van der Waals surface area contributed by atoms with Crippen LogP contribution < -0.4 is 0 Å². The van der Waals surface area contributed by atoms with Crippen molar-refractivity contribution in [2.45, 2.75) is 6.92 Å². The second-order valence-electron chi connectivity index (χ2n) is 5.36. The highest BCUT2D eigenvalue weighted by Gasteiger charge is 2.13. The van der Waals surface area contributed by atoms with Crippen molar-refractivity contribution >= 4 is 33.6 Å². The molecule has 0 aliphatic heterocycles. The normalized spacial score (nSPS) is 11.7. The van der Waals surface area contributed by atoms with E-state index < -0.39 is 5.91 Å². The topological polar surface area (TPSA) is 104 Å². The van der Waals surface area contributed by atoms with E-state index in [1.165, 1.54) is 6.39 Å². The minimum absolute atomic E-state index is 0.122. The smallest absolute Gasteiger partial charge is 0.295 e. The van der Waals surface area contributed by atoms with E-state index in [0.717, 1.165) is 11.1 Å². The van der Waals surface area contributed by atoms with Gasteiger partial charge in [-0.05, 0) is 30.7 Å². The summed E-state index contributed by atoms with van der Waals surface area (Å²) in [6.07, 6.45) is 1.31. The lowest BCUT2D eigenvalue weighted by Crippen LogP contribution is -1.93. The number of benzene rings is 2. The summed E-state index contributed by atoms with van der Waals surface area (Å²) in [7, 11) is 0. The number of aromatic hydroxyl groups is 1. The molecule has 0 saturated carbocycles. The minimum atomic E-state index is -0.527. The predicted molar refractivity (Wildman–Crippen MR) is 87.6 cm³/mol. The summed E-state index contributed by atoms with van der Waals surface area (Å²) < 4.78 is 5.13. The molecule has 0 spiro atoms. The fourth-order valence-corrected chi connectivity index (χ4v) is 2.58. The fraction of sp³-hybridized carbons (Fsp3) is 0.0588. The van der Waals surface area contributed by atoms with Crippen LogP contribution in [0.25, 0.3) is 22.0 Å². The van der Waals surface area contributed by atoms with E-state index in [-0.39, 0.29) is 11.6 Å². The monoisotopic (exact) mass is 320 g/mol. The lowest BCUT2D eigenvalue weighted by Gasteiger charge is -1.95. The van der Waals surface area contributed by atoms with E-state index >= 15 is 0 Å². The third-order valence-electron chi connectivity index (χ3n) is 3.81. The summed E-state index contributed by atoms with van der Waals surface area (Å²) in [5.74, 6) is -0.649. The van der Waals surface area contributed by atoms with Crippen molar-refractivity contribution in [3.63, 3.8) is 0 Å². The molecule has 118 valence electrons. The van der Waals surface area contributed by atoms with E-state index in [0.29, 0.717) is 22.0 Å². The third kappa shape index (κ3) is 2.23. The Morgan fingerprint density at radius 3 is 3.04 bits per heavy atom. The zero-order valence-electron chi connectivity index (χ0n) is 12.6. The Kier molecular flexibility index (Phi) is 3.13. The van der Waals surface area contributed by atoms with Crippen molar-refractivity contribution in [1.29, 1.82) is 0 Å². The van der Waals surface area contributed by atoms with Crippen LogP contribution in [0.5, 0.6) is 5.88 Å². The first-order valence-electron chi connectivity index (χ1n) is 7.23. The van der Waals surface area contributed by atoms with Crippen LogP contribution in [0.4, 0.5) is 5.69 Å². The molecule has 7 heteroatoms. The number of nitrogens with zero attached hydrogens (tertiary/aromatic N) is 3. The van der Waals surface area contributed by atoms with Gasteiger partial charge >= 0.3 is 0 Å². The Hall–Kier alpha value is -3.48. The van der Waals surface area contributed by atoms with Crippen LogP contribution in [0.2, 0.25) is 0 Å². The SMILES string of the molecule is Cc1cccc2c(N=NC(=O)c3ccc4ocnc4c3)c(O)[nH]c12. The first kappa shape index (κ1) is 14.1. The standard InChI is InChI=1S/C17H12N4O3/c1-9-3-2-4-11-14(9)19-17(23)15(11)20-21-16(22)10-5-6-13-12(7-10)18-8-24-13/h2-8,19,23H,1H3. The van der Waals surface area contributed by atoms with Gasteiger partial charge in [0, 0.05) is 10.9 Å². The Balaban J connectivity index is 1.70. The van der Waals surface area contributed by atoms with Crippen LogP contribution in [0, 0.1) is 6.92 Å². The summed E-state index contributed by atoms with van der Waals surface area (Å²) in [4.78, 5) is 19.1. The first-order chi connectivity index (χ1) is 11.6. The highest BCUT2D eigenvalue weighted by molar-refractivity contribution is 5.99. The van der Waals surface area contributed by atoms with Gasteiger partial charge in [-0.15, -0.1) is 10.2 Å². The van der Waals surface area contributed by atoms with Gasteiger partial charge in [0.1, 0.15) is 5.52 Å². The number of amides is 1. The van der Waals surface area contributed by atoms with E-state index in [9.17, 15) is 9.90 Å². The van der Waals surface area contributed by atoms with Crippen LogP contribution in [0.1, 0.15) is 15.9 Å². The number of H-pyrrole nitrogens is 1. The van der Waals surface area contributed by atoms with E-state index in [1.54, 1.807) is 24.3 Å². The summed E-state index contributed by atoms with van der Waals surface area (Å²) >= 11 is 0. The predicted octanol–water partition coefficient (Wildman–Crippen LogP) is 4.25. The lowest BCUT2D eigenvalue weighted by atomic mass is 10.1. The van der Waals surface area contributed by atoms with Crippen LogP contribution in [-0.4, -0.2) is 21.0 Å². The largest absolute Gasteiger partial charge is 0.493 e. The van der Waals surface area contributed by atoms with Crippen molar-refractivity contribution in [1.82, 2.24) is 9.97 Å². The molecule has 0 saturated heterocycles. The Bertz CT molecular complexity index is 1110. The maximum atomic E-state index is 12.2. The minimum Gasteiger partial charge on any atom is -0.493 e. The van der Waals surface area contributed by atoms with Crippen molar-refractivity contribution in [3.8, 4) is 5.88 Å². The average molecular weight is 320 g/mol. The second-order valence-corrected chi connectivity index (χ2v) is 5.36. The molecule has 0 radical (unpaired) electrons. The molecule has 0 atom stereocenters. The molecule has 1 amide bonds. The number of hydrogen-bond acceptors (Lipinski definition) is 5. The number of carbonyl (C=O) groups excluding carboxylic acids is 1. The maximum Gasteiger partial charge on any atom is 0.295 e. The Labute approximate surface area is 135 Å². The van der Waals surface area contributed by atoms with Gasteiger partial charge in [-0.25, -0.2) is 4.98 Å². The maximum absolute atomic E-state index is 12.2. The number of nitrogens with one attached hydrogen (secondary N) is 1. The van der Waals surface area contributed by atoms with Crippen LogP contribution in [-0.2, 0) is 0 Å². The number of aromatic nitrogens is 2. The first-order valence-corrected chi connectivity index (χ1v) is 7.23. The molecule has 4 rings (SSSR count). The quantitative estimate of drug-likeness (QED) is 0.539. The molecule has 0 unspecified atom stereocenters. The van der Waals surface area contributed by atoms with Crippen molar-refractivity contribution in [3.05, 3.63) is 53.9 Å². The van der Waals surface area contributed by atoms with Gasteiger partial charge in [0.25, 0.3) is 5.91 Å². The van der Waals surface area contributed by atoms with Gasteiger partial charge in [-0.3, -0.25) is 4.79 Å². The average Bonchev–Trinajstić information content (AvgIpc) is 3.17. The molecule has 0 aliphatic rings. The molecule has 0 bridgehead atoms. The van der Waals surface area contributed by atoms with Gasteiger partial charge in [-0.1, -0.05) is 18.2 Å². The molecule has 2 aromatic carbocycles. The number of aromatic amines is 1. The number of para-hydroxylation sites is 1. The summed E-state index contributed by atoms with van der Waals surface area (Å²) in [5, 5.41) is 18.4. The Morgan fingerprint density at radius 2 is 2.17 bits per heavy atom. The molecule has 0 fully saturated rings. The lowest BCUT2D eigenvalue weighted by molar-refractivity contribution is 0.0995. The van der Waals surface area contributed by atoms with Gasteiger partial charge < -0.3 is 14.5 Å². The number of fused-ring (bicyclic) bond motifs is 2. The van der Waals surface area contributed by atoms with Crippen molar-refractivity contribution in [2.75, 3.05) is 0 Å². The fourth-order valence-electron chi connectivity index (χ4n) is 2.58. The molecule has 0 aliphatic carbocycles. The molecule has 4 aromatic rings. The van der Waals surface area contributed by atoms with Crippen LogP contribution in [0.3, 0.4) is 0 Å². The zero-order valence-corrected chi connectivity index (χ0v) is 12.6. The number of azo groups is 1. The van der Waals surface area contributed by atoms with E-state index in [1.807, 2.05) is 19.1 Å². The zero-order chi connectivity index (χ0) is 16.7. The van der Waals surface area contributed by atoms with Gasteiger partial charge in [0.15, 0.2) is 17.7 Å². The van der Waals surface area contributed by atoms with E-state index in [4.69, 9.17) is 4.42 Å². The molecule has 24 heavy (non-hydrogen) atoms. The van der Waals surface area contributed by atoms with Crippen LogP contribution in [0.15, 0.2) is 57.4 Å². The third-order valence-corrected chi connectivity index (χ3v) is 3.81. The van der Waals surface area contributed by atoms with Crippen molar-refractivity contribution < 1.29 is 14.3 Å². The summed E-state index contributed by atoms with van der Waals surface area (Å²) in [5.41, 5.74) is 3.47. The summed E-state index contributed by atoms with van der Waals surface area (Å²) in [6.45, 7) is 1.91. The van der Waals surface area contributed by atoms with Gasteiger partial charge in [0.2, 0.25) is 5.88 Å². The van der Waals surface area contributed by atoms with E-state index in [2.05, 4.69) is 20.2 Å². The number of rotatable bonds is 2. The van der Waals surface area contributed by atoms with Crippen molar-refractivity contribution in [2.24, 2.45) is 10.2 Å². The van der Waals surface area contributed by atoms with Gasteiger partial charge in [-0.2, -0.15) is 0 Å². The number of hydrogen-bond donors (Lipinski definition) is 2. The highest BCUT2D eigenvalue weighted by atomic mass is 16.3. The Morgan fingerprint density at radius 1 is 1.29 bits per heavy atom.